The van der Waals surface area contributed by atoms with Crippen LogP contribution < -0.4 is 4.74 Å². The minimum atomic E-state index is -0.579. The van der Waals surface area contributed by atoms with E-state index in [2.05, 4.69) is 0 Å². The lowest BCUT2D eigenvalue weighted by Gasteiger charge is -2.07. The number of hydrogen-bond acceptors (Lipinski definition) is 6. The fourth-order valence-electron chi connectivity index (χ4n) is 2.04. The van der Waals surface area contributed by atoms with Crippen LogP contribution in [0.2, 0.25) is 0 Å². The van der Waals surface area contributed by atoms with E-state index in [0.29, 0.717) is 5.75 Å². The highest BCUT2D eigenvalue weighted by Crippen LogP contribution is 2.30. The Morgan fingerprint density at radius 2 is 1.83 bits per heavy atom. The Labute approximate surface area is 145 Å². The molecule has 3 aromatic rings. The maximum Gasteiger partial charge on any atom is 0.347 e. The lowest BCUT2D eigenvalue weighted by molar-refractivity contribution is 0.0731. The average Bonchev–Trinajstić information content (AvgIpc) is 2.97. The Morgan fingerprint density at radius 1 is 1.09 bits per heavy atom. The second kappa shape index (κ2) is 6.62. The van der Waals surface area contributed by atoms with Crippen molar-refractivity contribution in [2.75, 3.05) is 0 Å². The van der Waals surface area contributed by atoms with E-state index in [9.17, 15) is 9.90 Å². The Hall–Kier alpha value is -2.02. The number of rotatable bonds is 3. The van der Waals surface area contributed by atoms with E-state index < -0.39 is 5.97 Å². The summed E-state index contributed by atoms with van der Waals surface area (Å²) in [4.78, 5) is 13.2. The molecule has 6 heteroatoms. The SMILES string of the molecule is Cc1ccc(O)c(C(=O)Oc2ccc(-c3cc(=S)ss3)cc2)c1. The maximum absolute atomic E-state index is 12.2. The molecular formula is C17H12O3S3. The summed E-state index contributed by atoms with van der Waals surface area (Å²) in [5, 5.41) is 9.77. The second-order valence-electron chi connectivity index (χ2n) is 4.93. The first-order valence-corrected chi connectivity index (χ1v) is 9.31. The Balaban J connectivity index is 1.79. The van der Waals surface area contributed by atoms with Crippen LogP contribution in [0.25, 0.3) is 10.4 Å². The predicted molar refractivity (Wildman–Crippen MR) is 96.3 cm³/mol. The van der Waals surface area contributed by atoms with Gasteiger partial charge in [-0.05, 0) is 55.0 Å². The molecule has 1 heterocycles. The molecule has 0 aliphatic carbocycles. The molecule has 1 aromatic heterocycles. The van der Waals surface area contributed by atoms with E-state index in [1.54, 1.807) is 44.9 Å². The first-order chi connectivity index (χ1) is 11.0. The van der Waals surface area contributed by atoms with Crippen LogP contribution >= 0.6 is 32.9 Å². The highest BCUT2D eigenvalue weighted by molar-refractivity contribution is 7.80. The van der Waals surface area contributed by atoms with Crippen LogP contribution in [0, 0.1) is 10.7 Å². The summed E-state index contributed by atoms with van der Waals surface area (Å²) in [6.45, 7) is 1.85. The van der Waals surface area contributed by atoms with Crippen LogP contribution in [0.15, 0.2) is 48.5 Å². The Morgan fingerprint density at radius 3 is 2.48 bits per heavy atom. The number of ether oxygens (including phenoxy) is 1. The van der Waals surface area contributed by atoms with Gasteiger partial charge in [-0.1, -0.05) is 44.5 Å². The van der Waals surface area contributed by atoms with Crippen LogP contribution in [0.3, 0.4) is 0 Å². The van der Waals surface area contributed by atoms with Crippen molar-refractivity contribution < 1.29 is 14.6 Å². The van der Waals surface area contributed by atoms with Gasteiger partial charge in [0.1, 0.15) is 20.9 Å². The van der Waals surface area contributed by atoms with Gasteiger partial charge in [0, 0.05) is 4.88 Å². The van der Waals surface area contributed by atoms with Crippen LogP contribution in [0.1, 0.15) is 15.9 Å². The summed E-state index contributed by atoms with van der Waals surface area (Å²) >= 11 is 5.13. The normalized spacial score (nSPS) is 10.5. The van der Waals surface area contributed by atoms with Crippen molar-refractivity contribution in [2.24, 2.45) is 0 Å². The molecule has 0 bridgehead atoms. The van der Waals surface area contributed by atoms with E-state index in [1.165, 1.54) is 6.07 Å². The van der Waals surface area contributed by atoms with Gasteiger partial charge in [0.15, 0.2) is 0 Å². The van der Waals surface area contributed by atoms with Gasteiger partial charge in [-0.3, -0.25) is 0 Å². The van der Waals surface area contributed by atoms with Crippen LogP contribution in [0.4, 0.5) is 0 Å². The fraction of sp³-hybridized carbons (Fsp3) is 0.0588. The second-order valence-corrected chi connectivity index (χ2v) is 7.84. The molecule has 1 N–H and O–H groups in total. The lowest BCUT2D eigenvalue weighted by Crippen LogP contribution is -2.08. The van der Waals surface area contributed by atoms with Gasteiger partial charge in [-0.25, -0.2) is 4.79 Å². The van der Waals surface area contributed by atoms with Gasteiger partial charge >= 0.3 is 5.97 Å². The largest absolute Gasteiger partial charge is 0.507 e. The topological polar surface area (TPSA) is 46.5 Å². The molecule has 0 aliphatic heterocycles. The van der Waals surface area contributed by atoms with E-state index in [0.717, 1.165) is 19.8 Å². The first kappa shape index (κ1) is 15.9. The molecule has 0 amide bonds. The van der Waals surface area contributed by atoms with Gasteiger partial charge in [0.2, 0.25) is 0 Å². The monoisotopic (exact) mass is 360 g/mol. The average molecular weight is 360 g/mol. The highest BCUT2D eigenvalue weighted by atomic mass is 32.9. The van der Waals surface area contributed by atoms with Crippen molar-refractivity contribution in [1.29, 1.82) is 0 Å². The number of phenolic OH excluding ortho intramolecular Hbond substituents is 1. The third-order valence-corrected chi connectivity index (χ3v) is 6.09. The minimum absolute atomic E-state index is 0.0877. The lowest BCUT2D eigenvalue weighted by atomic mass is 10.1. The molecule has 0 saturated heterocycles. The summed E-state index contributed by atoms with van der Waals surface area (Å²) in [6.07, 6.45) is 0. The van der Waals surface area contributed by atoms with Gasteiger partial charge in [0.25, 0.3) is 0 Å². The van der Waals surface area contributed by atoms with E-state index >= 15 is 0 Å². The number of benzene rings is 2. The number of hydrogen-bond donors (Lipinski definition) is 1. The zero-order chi connectivity index (χ0) is 16.4. The Bertz CT molecular complexity index is 907. The minimum Gasteiger partial charge on any atom is -0.507 e. The maximum atomic E-state index is 12.2. The summed E-state index contributed by atoms with van der Waals surface area (Å²) in [5.41, 5.74) is 2.06. The standard InChI is InChI=1S/C17H12O3S3/c1-10-2-7-14(18)13(8-10)17(19)20-12-5-3-11(4-6-12)15-9-16(21)23-22-15/h2-9,18H,1H3. The molecule has 0 radical (unpaired) electrons. The number of aryl methyl sites for hydroxylation is 1. The summed E-state index contributed by atoms with van der Waals surface area (Å²) in [5.74, 6) is -0.237. The zero-order valence-corrected chi connectivity index (χ0v) is 14.6. The quantitative estimate of drug-likeness (QED) is 0.292. The van der Waals surface area contributed by atoms with Crippen molar-refractivity contribution in [3.8, 4) is 21.9 Å². The smallest absolute Gasteiger partial charge is 0.347 e. The third kappa shape index (κ3) is 3.67. The number of esters is 1. The molecule has 0 fully saturated rings. The molecule has 0 saturated carbocycles. The number of carbonyl (C=O) groups excluding carboxylic acids is 1. The van der Waals surface area contributed by atoms with Crippen molar-refractivity contribution >= 4 is 38.9 Å². The van der Waals surface area contributed by atoms with Crippen LogP contribution in [-0.4, -0.2) is 11.1 Å². The van der Waals surface area contributed by atoms with E-state index in [-0.39, 0.29) is 11.3 Å². The van der Waals surface area contributed by atoms with Crippen molar-refractivity contribution in [1.82, 2.24) is 0 Å². The summed E-state index contributed by atoms with van der Waals surface area (Å²) in [6, 6.07) is 14.0. The molecule has 0 unspecified atom stereocenters. The molecule has 3 rings (SSSR count). The summed E-state index contributed by atoms with van der Waals surface area (Å²) < 4.78 is 6.18. The van der Waals surface area contributed by atoms with Gasteiger partial charge in [-0.2, -0.15) is 0 Å². The van der Waals surface area contributed by atoms with Crippen LogP contribution in [0.5, 0.6) is 11.5 Å². The molecular weight excluding hydrogens is 348 g/mol. The van der Waals surface area contributed by atoms with Gasteiger partial charge in [-0.15, -0.1) is 0 Å². The first-order valence-electron chi connectivity index (χ1n) is 6.75. The fourth-order valence-corrected chi connectivity index (χ4v) is 4.44. The molecule has 2 aromatic carbocycles. The van der Waals surface area contributed by atoms with Crippen molar-refractivity contribution in [3.63, 3.8) is 0 Å². The van der Waals surface area contributed by atoms with E-state index in [1.807, 2.05) is 25.1 Å². The molecule has 0 spiro atoms. The molecule has 0 aliphatic rings. The predicted octanol–water partition coefficient (Wildman–Crippen LogP) is 5.44. The molecule has 0 atom stereocenters. The zero-order valence-electron chi connectivity index (χ0n) is 12.1. The van der Waals surface area contributed by atoms with Crippen molar-refractivity contribution in [2.45, 2.75) is 6.92 Å². The molecule has 23 heavy (non-hydrogen) atoms. The summed E-state index contributed by atoms with van der Waals surface area (Å²) in [7, 11) is 3.18. The Kier molecular flexibility index (Phi) is 4.56. The molecule has 116 valence electrons. The number of phenols is 1. The van der Waals surface area contributed by atoms with Crippen LogP contribution in [-0.2, 0) is 0 Å². The van der Waals surface area contributed by atoms with Gasteiger partial charge < -0.3 is 9.84 Å². The molecule has 3 nitrogen and oxygen atoms in total. The number of carbonyl (C=O) groups is 1. The highest BCUT2D eigenvalue weighted by Gasteiger charge is 2.14. The number of aromatic hydroxyl groups is 1. The van der Waals surface area contributed by atoms with Gasteiger partial charge in [0.05, 0.1) is 0 Å². The third-order valence-electron chi connectivity index (χ3n) is 3.18. The van der Waals surface area contributed by atoms with Crippen molar-refractivity contribution in [3.05, 3.63) is 63.5 Å². The van der Waals surface area contributed by atoms with E-state index in [4.69, 9.17) is 17.0 Å².